The van der Waals surface area contributed by atoms with Crippen molar-refractivity contribution in [2.45, 2.75) is 24.9 Å². The van der Waals surface area contributed by atoms with Crippen LogP contribution in [-0.2, 0) is 19.2 Å². The SMILES string of the molecule is O=C(O)CC(NCCNCCNC(CC(=O)O)C(=O)O)C(=O)O. The van der Waals surface area contributed by atoms with Gasteiger partial charge in [-0.2, -0.15) is 0 Å². The van der Waals surface area contributed by atoms with Gasteiger partial charge >= 0.3 is 23.9 Å². The van der Waals surface area contributed by atoms with Gasteiger partial charge in [-0.05, 0) is 0 Å². The minimum absolute atomic E-state index is 0.210. The van der Waals surface area contributed by atoms with Crippen molar-refractivity contribution in [2.24, 2.45) is 0 Å². The highest BCUT2D eigenvalue weighted by molar-refractivity contribution is 5.81. The van der Waals surface area contributed by atoms with Crippen LogP contribution in [0, 0.1) is 0 Å². The fourth-order valence-corrected chi connectivity index (χ4v) is 1.64. The van der Waals surface area contributed by atoms with E-state index in [-0.39, 0.29) is 13.1 Å². The number of carboxylic acids is 4. The molecule has 0 heterocycles. The molecule has 2 atom stereocenters. The third-order valence-electron chi connectivity index (χ3n) is 2.74. The molecule has 0 aliphatic heterocycles. The summed E-state index contributed by atoms with van der Waals surface area (Å²) in [5.41, 5.74) is 0. The van der Waals surface area contributed by atoms with E-state index in [0.717, 1.165) is 0 Å². The van der Waals surface area contributed by atoms with Crippen LogP contribution in [0.15, 0.2) is 0 Å². The Kier molecular flexibility index (Phi) is 10.2. The Bertz CT molecular complexity index is 391. The van der Waals surface area contributed by atoms with E-state index in [4.69, 9.17) is 20.4 Å². The second-order valence-electron chi connectivity index (χ2n) is 4.64. The van der Waals surface area contributed by atoms with Gasteiger partial charge in [-0.1, -0.05) is 0 Å². The van der Waals surface area contributed by atoms with Crippen molar-refractivity contribution >= 4 is 23.9 Å². The highest BCUT2D eigenvalue weighted by Gasteiger charge is 2.20. The molecule has 0 aromatic rings. The molecule has 7 N–H and O–H groups in total. The van der Waals surface area contributed by atoms with Crippen LogP contribution in [0.4, 0.5) is 0 Å². The van der Waals surface area contributed by atoms with Crippen molar-refractivity contribution in [1.29, 1.82) is 0 Å². The maximum absolute atomic E-state index is 10.8. The van der Waals surface area contributed by atoms with E-state index in [1.165, 1.54) is 0 Å². The first-order chi connectivity index (χ1) is 10.7. The standard InChI is InChI=1S/C12H21N3O8/c16-9(17)5-7(11(20)21)14-3-1-13-2-4-15-8(12(22)23)6-10(18)19/h7-8,13-15H,1-6H2,(H,16,17)(H,18,19)(H,20,21)(H,22,23). The Labute approximate surface area is 131 Å². The van der Waals surface area contributed by atoms with E-state index in [9.17, 15) is 19.2 Å². The normalized spacial score (nSPS) is 13.2. The van der Waals surface area contributed by atoms with Gasteiger partial charge in [-0.15, -0.1) is 0 Å². The Morgan fingerprint density at radius 3 is 1.26 bits per heavy atom. The average Bonchev–Trinajstić information content (AvgIpc) is 2.42. The van der Waals surface area contributed by atoms with Crippen LogP contribution in [0.1, 0.15) is 12.8 Å². The summed E-state index contributed by atoms with van der Waals surface area (Å²) in [6, 6.07) is -2.36. The molecule has 0 amide bonds. The molecule has 0 fully saturated rings. The highest BCUT2D eigenvalue weighted by atomic mass is 16.4. The molecule has 23 heavy (non-hydrogen) atoms. The van der Waals surface area contributed by atoms with Crippen molar-refractivity contribution in [1.82, 2.24) is 16.0 Å². The van der Waals surface area contributed by atoms with Crippen LogP contribution < -0.4 is 16.0 Å². The maximum Gasteiger partial charge on any atom is 0.321 e. The van der Waals surface area contributed by atoms with Gasteiger partial charge in [0.2, 0.25) is 0 Å². The molecule has 0 aromatic heterocycles. The zero-order valence-electron chi connectivity index (χ0n) is 12.3. The van der Waals surface area contributed by atoms with E-state index < -0.39 is 48.8 Å². The van der Waals surface area contributed by atoms with E-state index in [1.807, 2.05) is 0 Å². The number of carbonyl (C=O) groups is 4. The topological polar surface area (TPSA) is 185 Å². The second kappa shape index (κ2) is 11.3. The number of rotatable bonds is 14. The van der Waals surface area contributed by atoms with Gasteiger partial charge < -0.3 is 36.4 Å². The van der Waals surface area contributed by atoms with Gasteiger partial charge in [0.05, 0.1) is 12.8 Å². The Morgan fingerprint density at radius 1 is 0.652 bits per heavy atom. The van der Waals surface area contributed by atoms with Gasteiger partial charge in [-0.25, -0.2) is 0 Å². The summed E-state index contributed by atoms with van der Waals surface area (Å²) >= 11 is 0. The number of aliphatic carboxylic acids is 4. The smallest absolute Gasteiger partial charge is 0.321 e. The summed E-state index contributed by atoms with van der Waals surface area (Å²) in [6.45, 7) is 1.09. The van der Waals surface area contributed by atoms with Crippen molar-refractivity contribution in [3.8, 4) is 0 Å². The lowest BCUT2D eigenvalue weighted by Crippen LogP contribution is -2.44. The minimum Gasteiger partial charge on any atom is -0.481 e. The summed E-state index contributed by atoms with van der Waals surface area (Å²) in [5, 5.41) is 42.7. The molecule has 11 nitrogen and oxygen atoms in total. The van der Waals surface area contributed by atoms with Crippen LogP contribution in [0.3, 0.4) is 0 Å². The number of nitrogens with one attached hydrogen (secondary N) is 3. The van der Waals surface area contributed by atoms with E-state index >= 15 is 0 Å². The van der Waals surface area contributed by atoms with Crippen LogP contribution >= 0.6 is 0 Å². The summed E-state index contributed by atoms with van der Waals surface area (Å²) in [4.78, 5) is 42.5. The van der Waals surface area contributed by atoms with E-state index in [0.29, 0.717) is 13.1 Å². The molecule has 0 aliphatic rings. The molecule has 0 rings (SSSR count). The summed E-state index contributed by atoms with van der Waals surface area (Å²) in [7, 11) is 0. The summed E-state index contributed by atoms with van der Waals surface area (Å²) < 4.78 is 0. The second-order valence-corrected chi connectivity index (χ2v) is 4.64. The summed E-state index contributed by atoms with van der Waals surface area (Å²) in [6.07, 6.45) is -1.07. The largest absolute Gasteiger partial charge is 0.481 e. The Balaban J connectivity index is 3.83. The van der Waals surface area contributed by atoms with E-state index in [1.54, 1.807) is 0 Å². The van der Waals surface area contributed by atoms with Crippen molar-refractivity contribution in [3.05, 3.63) is 0 Å². The molecule has 0 aliphatic carbocycles. The van der Waals surface area contributed by atoms with Crippen LogP contribution in [-0.4, -0.2) is 82.6 Å². The average molecular weight is 335 g/mol. The lowest BCUT2D eigenvalue weighted by atomic mass is 10.2. The highest BCUT2D eigenvalue weighted by Crippen LogP contribution is 1.92. The van der Waals surface area contributed by atoms with Crippen molar-refractivity contribution in [3.63, 3.8) is 0 Å². The zero-order chi connectivity index (χ0) is 17.8. The molecule has 0 aromatic carbocycles. The monoisotopic (exact) mass is 335 g/mol. The Hall–Kier alpha value is -2.24. The van der Waals surface area contributed by atoms with Gasteiger partial charge in [0.25, 0.3) is 0 Å². The molecule has 2 unspecified atom stereocenters. The first-order valence-corrected chi connectivity index (χ1v) is 6.80. The van der Waals surface area contributed by atoms with Gasteiger partial charge in [0, 0.05) is 26.2 Å². The Morgan fingerprint density at radius 2 is 1.00 bits per heavy atom. The molecule has 0 saturated heterocycles. The molecule has 132 valence electrons. The fourth-order valence-electron chi connectivity index (χ4n) is 1.64. The number of hydrogen-bond donors (Lipinski definition) is 7. The van der Waals surface area contributed by atoms with Crippen molar-refractivity contribution < 1.29 is 39.6 Å². The molecule has 0 saturated carbocycles. The van der Waals surface area contributed by atoms with Gasteiger partial charge in [0.1, 0.15) is 12.1 Å². The maximum atomic E-state index is 10.8. The number of hydrogen-bond acceptors (Lipinski definition) is 7. The predicted molar refractivity (Wildman–Crippen MR) is 76.2 cm³/mol. The first kappa shape index (κ1) is 20.8. The van der Waals surface area contributed by atoms with Gasteiger partial charge in [-0.3, -0.25) is 19.2 Å². The zero-order valence-corrected chi connectivity index (χ0v) is 12.3. The molecular formula is C12H21N3O8. The quantitative estimate of drug-likeness (QED) is 0.168. The fraction of sp³-hybridized carbons (Fsp3) is 0.667. The molecule has 0 spiro atoms. The number of carboxylic acid groups (broad SMARTS) is 4. The molecular weight excluding hydrogens is 314 g/mol. The van der Waals surface area contributed by atoms with Crippen LogP contribution in [0.5, 0.6) is 0 Å². The predicted octanol–water partition coefficient (Wildman–Crippen LogP) is -2.39. The first-order valence-electron chi connectivity index (χ1n) is 6.80. The van der Waals surface area contributed by atoms with Crippen LogP contribution in [0.25, 0.3) is 0 Å². The third-order valence-corrected chi connectivity index (χ3v) is 2.74. The lowest BCUT2D eigenvalue weighted by Gasteiger charge is -2.14. The lowest BCUT2D eigenvalue weighted by molar-refractivity contribution is -0.145. The van der Waals surface area contributed by atoms with E-state index in [2.05, 4.69) is 16.0 Å². The third kappa shape index (κ3) is 11.0. The van der Waals surface area contributed by atoms with Crippen molar-refractivity contribution in [2.75, 3.05) is 26.2 Å². The molecule has 11 heteroatoms. The summed E-state index contributed by atoms with van der Waals surface area (Å²) in [5.74, 6) is -4.96. The molecule has 0 bridgehead atoms. The van der Waals surface area contributed by atoms with Crippen LogP contribution in [0.2, 0.25) is 0 Å². The minimum atomic E-state index is -1.26. The van der Waals surface area contributed by atoms with Gasteiger partial charge in [0.15, 0.2) is 0 Å². The molecule has 0 radical (unpaired) electrons.